The van der Waals surface area contributed by atoms with Crippen molar-refractivity contribution < 1.29 is 34.4 Å². The molecule has 41 heavy (non-hydrogen) atoms. The van der Waals surface area contributed by atoms with Crippen molar-refractivity contribution in [2.45, 2.75) is 125 Å². The van der Waals surface area contributed by atoms with E-state index in [2.05, 4.69) is 40.7 Å². The van der Waals surface area contributed by atoms with E-state index in [-0.39, 0.29) is 57.3 Å². The highest BCUT2D eigenvalue weighted by atomic mass is 16.6. The zero-order valence-electron chi connectivity index (χ0n) is 26.7. The lowest BCUT2D eigenvalue weighted by atomic mass is 9.35. The van der Waals surface area contributed by atoms with Crippen LogP contribution in [0.3, 0.4) is 0 Å². The predicted molar refractivity (Wildman–Crippen MR) is 155 cm³/mol. The van der Waals surface area contributed by atoms with Crippen molar-refractivity contribution in [3.05, 3.63) is 11.6 Å². The van der Waals surface area contributed by atoms with E-state index in [1.165, 1.54) is 19.4 Å². The molecule has 5 aliphatic carbocycles. The summed E-state index contributed by atoms with van der Waals surface area (Å²) >= 11 is 0. The molecule has 12 atom stereocenters. The second-order valence-electron chi connectivity index (χ2n) is 16.2. The minimum atomic E-state index is -0.809. The summed E-state index contributed by atoms with van der Waals surface area (Å²) < 4.78 is 11.5. The van der Waals surface area contributed by atoms with Crippen LogP contribution >= 0.6 is 0 Å². The Morgan fingerprint density at radius 3 is 2.20 bits per heavy atom. The van der Waals surface area contributed by atoms with Crippen LogP contribution in [0.1, 0.15) is 101 Å². The molecule has 7 nitrogen and oxygen atoms in total. The van der Waals surface area contributed by atoms with Crippen LogP contribution in [0.5, 0.6) is 0 Å². The zero-order chi connectivity index (χ0) is 30.5. The van der Waals surface area contributed by atoms with E-state index in [1.807, 2.05) is 13.8 Å². The van der Waals surface area contributed by atoms with Crippen LogP contribution in [0.2, 0.25) is 0 Å². The first-order valence-corrected chi connectivity index (χ1v) is 15.9. The molecule has 232 valence electrons. The summed E-state index contributed by atoms with van der Waals surface area (Å²) in [5.41, 5.74) is -0.580. The van der Waals surface area contributed by atoms with Gasteiger partial charge in [0, 0.05) is 31.1 Å². The average Bonchev–Trinajstić information content (AvgIpc) is 3.17. The van der Waals surface area contributed by atoms with Gasteiger partial charge in [0.2, 0.25) is 0 Å². The van der Waals surface area contributed by atoms with Crippen LogP contribution in [0.15, 0.2) is 11.6 Å². The molecule has 0 bridgehead atoms. The Hall–Kier alpha value is -1.44. The van der Waals surface area contributed by atoms with Crippen LogP contribution < -0.4 is 0 Å². The second-order valence-corrected chi connectivity index (χ2v) is 16.2. The highest BCUT2D eigenvalue weighted by Gasteiger charge is 2.73. The first-order valence-electron chi connectivity index (χ1n) is 15.9. The monoisotopic (exact) mass is 574 g/mol. The largest absolute Gasteiger partial charge is 0.465 e. The van der Waals surface area contributed by atoms with Gasteiger partial charge in [-0.2, -0.15) is 0 Å². The van der Waals surface area contributed by atoms with E-state index in [1.54, 1.807) is 0 Å². The quantitative estimate of drug-likeness (QED) is 0.318. The molecule has 5 rings (SSSR count). The van der Waals surface area contributed by atoms with Crippen molar-refractivity contribution in [3.63, 3.8) is 0 Å². The summed E-state index contributed by atoms with van der Waals surface area (Å²) in [4.78, 5) is 24.1. The molecule has 0 radical (unpaired) electrons. The highest BCUT2D eigenvalue weighted by Crippen LogP contribution is 2.76. The van der Waals surface area contributed by atoms with E-state index < -0.39 is 29.8 Å². The zero-order valence-corrected chi connectivity index (χ0v) is 26.7. The van der Waals surface area contributed by atoms with Gasteiger partial charge in [-0.3, -0.25) is 9.59 Å². The molecule has 7 heteroatoms. The van der Waals surface area contributed by atoms with Gasteiger partial charge in [-0.1, -0.05) is 60.1 Å². The van der Waals surface area contributed by atoms with Crippen LogP contribution in [0.25, 0.3) is 0 Å². The fourth-order valence-electron chi connectivity index (χ4n) is 11.9. The molecule has 0 aliphatic heterocycles. The van der Waals surface area contributed by atoms with Crippen molar-refractivity contribution in [3.8, 4) is 0 Å². The Kier molecular flexibility index (Phi) is 7.40. The molecular weight excluding hydrogens is 520 g/mol. The van der Waals surface area contributed by atoms with Crippen LogP contribution in [-0.2, 0) is 19.1 Å². The van der Waals surface area contributed by atoms with E-state index in [0.29, 0.717) is 31.8 Å². The standard InChI is InChI=1S/C34H54O7/c1-18(2)22-14-24(38)28-33(9)11-10-21-27(32(33,8)12-13-34(22,28)17-40-19(3)35)23(37)15-26-30(5,6)29(39)25(41-20(4)36)16-31(21,26)7/h10,18,22-29,37-39H,11-17H2,1-9H3/t22-,23-,24+,25+,26-,27-,28+,29-,31+,32-,33+,34+/m0/s1. The molecule has 0 saturated heterocycles. The lowest BCUT2D eigenvalue weighted by molar-refractivity contribution is -0.227. The molecule has 5 aliphatic rings. The molecular formula is C34H54O7. The van der Waals surface area contributed by atoms with Gasteiger partial charge in [-0.15, -0.1) is 0 Å². The number of aliphatic hydroxyl groups excluding tert-OH is 3. The van der Waals surface area contributed by atoms with Crippen LogP contribution in [0.4, 0.5) is 0 Å². The van der Waals surface area contributed by atoms with Gasteiger partial charge in [0.25, 0.3) is 0 Å². The molecule has 0 aromatic heterocycles. The van der Waals surface area contributed by atoms with Crippen molar-refractivity contribution in [1.82, 2.24) is 0 Å². The maximum absolute atomic E-state index is 12.1. The number of aliphatic hydroxyl groups is 3. The maximum Gasteiger partial charge on any atom is 0.302 e. The van der Waals surface area contributed by atoms with Crippen molar-refractivity contribution in [2.24, 2.45) is 56.7 Å². The summed E-state index contributed by atoms with van der Waals surface area (Å²) in [6.07, 6.45) is 4.13. The molecule has 0 aromatic rings. The number of carbonyl (C=O) groups is 2. The summed E-state index contributed by atoms with van der Waals surface area (Å²) in [6.45, 7) is 18.6. The maximum atomic E-state index is 12.1. The molecule has 4 saturated carbocycles. The number of allylic oxidation sites excluding steroid dienone is 1. The van der Waals surface area contributed by atoms with Crippen LogP contribution in [-0.4, -0.2) is 58.3 Å². The molecule has 0 heterocycles. The van der Waals surface area contributed by atoms with Crippen molar-refractivity contribution in [1.29, 1.82) is 0 Å². The van der Waals surface area contributed by atoms with Gasteiger partial charge in [-0.05, 0) is 77.9 Å². The van der Waals surface area contributed by atoms with E-state index in [0.717, 1.165) is 19.3 Å². The van der Waals surface area contributed by atoms with E-state index >= 15 is 0 Å². The Morgan fingerprint density at radius 2 is 1.61 bits per heavy atom. The molecule has 3 N–H and O–H groups in total. The summed E-state index contributed by atoms with van der Waals surface area (Å²) in [5.74, 6) is -0.215. The number of fused-ring (bicyclic) bond motifs is 7. The Morgan fingerprint density at radius 1 is 0.951 bits per heavy atom. The summed E-state index contributed by atoms with van der Waals surface area (Å²) in [6, 6.07) is 0. The molecule has 0 unspecified atom stereocenters. The van der Waals surface area contributed by atoms with Crippen LogP contribution in [0, 0.1) is 56.7 Å². The normalized spacial score (nSPS) is 50.1. The van der Waals surface area contributed by atoms with E-state index in [4.69, 9.17) is 9.47 Å². The number of hydrogen-bond donors (Lipinski definition) is 3. The summed E-state index contributed by atoms with van der Waals surface area (Å²) in [5, 5.41) is 35.2. The van der Waals surface area contributed by atoms with Gasteiger partial charge in [0.1, 0.15) is 6.10 Å². The second kappa shape index (κ2) is 9.79. The lowest BCUT2D eigenvalue weighted by Crippen LogP contribution is -2.68. The number of esters is 2. The third-order valence-electron chi connectivity index (χ3n) is 13.7. The minimum Gasteiger partial charge on any atom is -0.465 e. The van der Waals surface area contributed by atoms with Gasteiger partial charge in [-0.25, -0.2) is 0 Å². The summed E-state index contributed by atoms with van der Waals surface area (Å²) in [7, 11) is 0. The Bertz CT molecular complexity index is 1110. The molecule has 0 aromatic carbocycles. The van der Waals surface area contributed by atoms with Gasteiger partial charge in [0.05, 0.1) is 24.9 Å². The topological polar surface area (TPSA) is 113 Å². The fraction of sp³-hybridized carbons (Fsp3) is 0.882. The smallest absolute Gasteiger partial charge is 0.302 e. The first kappa shape index (κ1) is 31.0. The number of ether oxygens (including phenoxy) is 2. The predicted octanol–water partition coefficient (Wildman–Crippen LogP) is 5.05. The number of rotatable bonds is 4. The number of carbonyl (C=O) groups excluding carboxylic acids is 2. The SMILES string of the molecule is CC(=O)OC[C@@]12CC[C@@]3(C)[C@H]4C(=CC[C@]3(C)[C@H]1[C@H](O)C[C@H]2C(C)C)[C@@]1(C)C[C@@H](OC(C)=O)[C@H](O)C(C)(C)[C@@H]1C[C@@H]4O. The van der Waals surface area contributed by atoms with Crippen molar-refractivity contribution in [2.75, 3.05) is 6.61 Å². The molecule has 0 spiro atoms. The van der Waals surface area contributed by atoms with Crippen molar-refractivity contribution >= 4 is 11.9 Å². The third-order valence-corrected chi connectivity index (χ3v) is 13.7. The van der Waals surface area contributed by atoms with E-state index in [9.17, 15) is 24.9 Å². The fourth-order valence-corrected chi connectivity index (χ4v) is 11.9. The molecule has 4 fully saturated rings. The minimum absolute atomic E-state index is 0.0244. The Balaban J connectivity index is 1.62. The Labute approximate surface area is 246 Å². The van der Waals surface area contributed by atoms with Gasteiger partial charge in [0.15, 0.2) is 0 Å². The number of hydrogen-bond acceptors (Lipinski definition) is 7. The average molecular weight is 575 g/mol. The third kappa shape index (κ3) is 4.14. The van der Waals surface area contributed by atoms with Gasteiger partial charge < -0.3 is 24.8 Å². The van der Waals surface area contributed by atoms with Gasteiger partial charge >= 0.3 is 11.9 Å². The molecule has 0 amide bonds. The first-order chi connectivity index (χ1) is 18.9. The lowest BCUT2D eigenvalue weighted by Gasteiger charge is -2.70. The highest BCUT2D eigenvalue weighted by molar-refractivity contribution is 5.66.